The summed E-state index contributed by atoms with van der Waals surface area (Å²) in [5, 5.41) is 33.7. The highest BCUT2D eigenvalue weighted by Crippen LogP contribution is 2.17. The highest BCUT2D eigenvalue weighted by molar-refractivity contribution is 5.73. The van der Waals surface area contributed by atoms with Crippen LogP contribution in [-0.4, -0.2) is 219 Å². The zero-order chi connectivity index (χ0) is 90.2. The van der Waals surface area contributed by atoms with Crippen molar-refractivity contribution in [2.75, 3.05) is 52.6 Å². The Labute approximate surface area is 698 Å². The Morgan fingerprint density at radius 3 is 0.847 bits per heavy atom. The van der Waals surface area contributed by atoms with E-state index in [0.717, 1.165) is 18.4 Å². The second-order valence-corrected chi connectivity index (χ2v) is 35.7. The van der Waals surface area contributed by atoms with E-state index < -0.39 is 130 Å². The van der Waals surface area contributed by atoms with Gasteiger partial charge in [0.15, 0.2) is 0 Å². The number of ether oxygens (including phenoxy) is 11. The van der Waals surface area contributed by atoms with E-state index in [9.17, 15) is 57.8 Å². The van der Waals surface area contributed by atoms with Crippen LogP contribution in [0.5, 0.6) is 0 Å². The van der Waals surface area contributed by atoms with E-state index >= 15 is 0 Å². The summed E-state index contributed by atoms with van der Waals surface area (Å²) in [7, 11) is 0. The lowest BCUT2D eigenvalue weighted by Gasteiger charge is -2.24. The van der Waals surface area contributed by atoms with Crippen LogP contribution in [0.15, 0.2) is 67.8 Å². The molecule has 0 aliphatic carbocycles. The summed E-state index contributed by atoms with van der Waals surface area (Å²) >= 11 is 0. The molecular formula is C82H143N13O23. The summed E-state index contributed by atoms with van der Waals surface area (Å²) in [6, 6.07) is 8.09. The molecule has 0 fully saturated rings. The number of aliphatic hydroxyl groups is 1. The fourth-order valence-corrected chi connectivity index (χ4v) is 9.44. The Kier molecular flexibility index (Phi) is 49.5. The van der Waals surface area contributed by atoms with Crippen LogP contribution >= 0.6 is 0 Å². The fraction of sp³-hybridized carbons (Fsp3) is 0.720. The molecule has 5 unspecified atom stereocenters. The van der Waals surface area contributed by atoms with Crippen LogP contribution in [0.25, 0.3) is 0 Å². The third-order valence-electron chi connectivity index (χ3n) is 14.1. The average molecular weight is 1680 g/mol. The van der Waals surface area contributed by atoms with E-state index in [1.165, 1.54) is 46.6 Å². The monoisotopic (exact) mass is 1680 g/mol. The van der Waals surface area contributed by atoms with Gasteiger partial charge in [-0.2, -0.15) is 0 Å². The predicted molar refractivity (Wildman–Crippen MR) is 444 cm³/mol. The number of aliphatic hydroxyl groups excluding tert-OH is 1. The molecule has 36 heteroatoms. The smallest absolute Gasteiger partial charge is 0.419 e. The Balaban J connectivity index is 0.00000156. The van der Waals surface area contributed by atoms with Gasteiger partial charge >= 0.3 is 67.0 Å². The summed E-state index contributed by atoms with van der Waals surface area (Å²) in [4.78, 5) is 138. The minimum atomic E-state index is -0.642. The first-order valence-electron chi connectivity index (χ1n) is 40.1. The van der Waals surface area contributed by atoms with E-state index in [-0.39, 0.29) is 38.5 Å². The van der Waals surface area contributed by atoms with Gasteiger partial charge in [0.2, 0.25) is 0 Å². The summed E-state index contributed by atoms with van der Waals surface area (Å²) in [5.41, 5.74) is -3.54. The maximum Gasteiger partial charge on any atom is 0.419 e. The number of amides is 9. The van der Waals surface area contributed by atoms with Crippen molar-refractivity contribution >= 4 is 67.0 Å². The van der Waals surface area contributed by atoms with Gasteiger partial charge in [0.25, 0.3) is 0 Å². The molecule has 0 radical (unpaired) electrons. The number of carbonyl (C=O) groups is 11. The lowest BCUT2D eigenvalue weighted by Crippen LogP contribution is -2.43. The molecule has 5 atom stereocenters. The molecule has 1 aromatic carbocycles. The minimum Gasteiger partial charge on any atom is -0.447 e. The normalized spacial score (nSPS) is 12.9. The standard InChI is InChI=1S/C26H43N3O6.2C20H34N4O6.C16H32N2O5/c1-19(17-20-13-9-8-10-14-20)28-23(31)33-18-21(29-24(32)35-26(5,6)7)15-11-12-16-27-22(30)34-25(2,3)4;2*1-19(2,3)29-16(25)22-10-8-7-9-15(23-17(26)30-20(4,5)6)13-28-18(27)24-12-11-21-14-24;1-15(2,3)22-13(20)17-10-8-7-9-12(11-19)18-14(21)23-16(4,5)6/h8-10,13-14,19,21H,11-12,15-18H2,1-7H3,(H,27,30)(H,28,31)(H,29,32);2*11-12,14-15H,7-10,13H2,1-6H3,(H,22,25)(H,23,26);12,19H,7-11H2,1-6H3,(H,17,20)(H,18,21). The van der Waals surface area contributed by atoms with Crippen LogP contribution in [0.4, 0.5) is 52.7 Å². The summed E-state index contributed by atoms with van der Waals surface area (Å²) in [5.74, 6) is 0. The molecule has 0 bridgehead atoms. The molecule has 9 amide bonds. The van der Waals surface area contributed by atoms with Crippen LogP contribution in [0.3, 0.4) is 0 Å². The van der Waals surface area contributed by atoms with Gasteiger partial charge < -0.3 is 105 Å². The number of imidazole rings is 2. The molecular weight excluding hydrogens is 1530 g/mol. The number of nitrogens with zero attached hydrogens (tertiary/aromatic N) is 4. The molecule has 0 saturated heterocycles. The zero-order valence-corrected chi connectivity index (χ0v) is 74.8. The number of benzene rings is 1. The highest BCUT2D eigenvalue weighted by Gasteiger charge is 2.27. The molecule has 3 aromatic rings. The number of nitrogens with one attached hydrogen (secondary N) is 9. The van der Waals surface area contributed by atoms with Gasteiger partial charge in [-0.3, -0.25) is 0 Å². The SMILES string of the molecule is CC(C)(C)OC(=O)NCCCCC(CO)NC(=O)OC(C)(C)C.CC(C)(C)OC(=O)NCCCCC(COC(=O)n1ccnc1)NC(=O)OC(C)(C)C.CC(C)(C)OC(=O)NCCCCC(COC(=O)n1ccnc1)NC(=O)OC(C)(C)C.CC(Cc1ccccc1)NC(=O)OCC(CCCCNC(=O)OC(C)(C)C)NC(=O)OC(C)(C)C. The Morgan fingerprint density at radius 1 is 0.339 bits per heavy atom. The number of hydrogen-bond donors (Lipinski definition) is 10. The minimum absolute atomic E-state index is 0.00261. The van der Waals surface area contributed by atoms with Gasteiger partial charge in [0.05, 0.1) is 30.8 Å². The van der Waals surface area contributed by atoms with Crippen molar-refractivity contribution < 1.29 is 110 Å². The molecule has 10 N–H and O–H groups in total. The third-order valence-corrected chi connectivity index (χ3v) is 14.1. The molecule has 2 aromatic heterocycles. The Bertz CT molecular complexity index is 3260. The number of rotatable bonds is 34. The number of hydrogen-bond acceptors (Lipinski definition) is 25. The van der Waals surface area contributed by atoms with E-state index in [1.807, 2.05) is 37.3 Å². The molecule has 0 aliphatic rings. The molecule has 0 spiro atoms. The van der Waals surface area contributed by atoms with E-state index in [1.54, 1.807) is 166 Å². The van der Waals surface area contributed by atoms with Gasteiger partial charge in [-0.1, -0.05) is 30.3 Å². The van der Waals surface area contributed by atoms with Crippen LogP contribution in [0.2, 0.25) is 0 Å². The molecule has 36 nitrogen and oxygen atoms in total. The van der Waals surface area contributed by atoms with Crippen molar-refractivity contribution in [2.45, 2.75) is 332 Å². The van der Waals surface area contributed by atoms with Crippen molar-refractivity contribution in [3.05, 3.63) is 73.3 Å². The summed E-state index contributed by atoms with van der Waals surface area (Å²) in [6.45, 7) is 46.4. The average Bonchev–Trinajstić information content (AvgIpc) is 1.82. The molecule has 0 saturated carbocycles. The lowest BCUT2D eigenvalue weighted by molar-refractivity contribution is 0.0456. The first-order valence-corrected chi connectivity index (χ1v) is 40.1. The van der Waals surface area contributed by atoms with Crippen molar-refractivity contribution in [3.8, 4) is 0 Å². The van der Waals surface area contributed by atoms with Crippen LogP contribution in [-0.2, 0) is 58.5 Å². The zero-order valence-electron chi connectivity index (χ0n) is 74.8. The maximum absolute atomic E-state index is 12.3. The van der Waals surface area contributed by atoms with Gasteiger partial charge in [-0.25, -0.2) is 71.8 Å². The largest absolute Gasteiger partial charge is 0.447 e. The Morgan fingerprint density at radius 2 is 0.593 bits per heavy atom. The quantitative estimate of drug-likeness (QED) is 0.0196. The van der Waals surface area contributed by atoms with Crippen molar-refractivity contribution in [1.29, 1.82) is 0 Å². The van der Waals surface area contributed by atoms with Crippen LogP contribution < -0.4 is 47.9 Å². The van der Waals surface area contributed by atoms with Crippen LogP contribution in [0.1, 0.15) is 256 Å². The first kappa shape index (κ1) is 108. The molecule has 3 rings (SSSR count). The fourth-order valence-electron chi connectivity index (χ4n) is 9.44. The first-order chi connectivity index (χ1) is 54.4. The van der Waals surface area contributed by atoms with Crippen LogP contribution in [0, 0.1) is 0 Å². The second kappa shape index (κ2) is 54.1. The molecule has 674 valence electrons. The van der Waals surface area contributed by atoms with Gasteiger partial charge in [-0.15, -0.1) is 0 Å². The number of carbonyl (C=O) groups excluding carboxylic acids is 11. The highest BCUT2D eigenvalue weighted by atomic mass is 16.6. The second-order valence-electron chi connectivity index (χ2n) is 35.7. The number of aromatic nitrogens is 4. The topological polar surface area (TPSA) is 453 Å². The Hall–Kier alpha value is -10.0. The summed E-state index contributed by atoms with van der Waals surface area (Å²) in [6.07, 6.45) is 11.1. The van der Waals surface area contributed by atoms with Crippen molar-refractivity contribution in [3.63, 3.8) is 0 Å². The van der Waals surface area contributed by atoms with E-state index in [0.29, 0.717) is 96.8 Å². The van der Waals surface area contributed by atoms with E-state index in [4.69, 9.17) is 52.1 Å². The van der Waals surface area contributed by atoms with E-state index in [2.05, 4.69) is 57.8 Å². The molecule has 118 heavy (non-hydrogen) atoms. The lowest BCUT2D eigenvalue weighted by atomic mass is 10.1. The van der Waals surface area contributed by atoms with Crippen molar-refractivity contribution in [1.82, 2.24) is 67.0 Å². The maximum atomic E-state index is 12.3. The van der Waals surface area contributed by atoms with Gasteiger partial charge in [0, 0.05) is 57.0 Å². The number of alkyl carbamates (subject to hydrolysis) is 9. The van der Waals surface area contributed by atoms with Gasteiger partial charge in [-0.05, 0) is 262 Å². The third kappa shape index (κ3) is 66.0. The van der Waals surface area contributed by atoms with Gasteiger partial charge in [0.1, 0.15) is 77.3 Å². The number of unbranched alkanes of at least 4 members (excludes halogenated alkanes) is 4. The molecule has 0 aliphatic heterocycles. The predicted octanol–water partition coefficient (Wildman–Crippen LogP) is 14.4. The van der Waals surface area contributed by atoms with Crippen molar-refractivity contribution in [2.24, 2.45) is 0 Å². The molecule has 2 heterocycles. The summed E-state index contributed by atoms with van der Waals surface area (Å²) < 4.78 is 60.0.